The topological polar surface area (TPSA) is 59.3 Å². The Labute approximate surface area is 137 Å². The molecule has 0 N–H and O–H groups in total. The van der Waals surface area contributed by atoms with Crippen LogP contribution >= 0.6 is 0 Å². The summed E-state index contributed by atoms with van der Waals surface area (Å²) in [5.41, 5.74) is 2.27. The molecule has 23 heavy (non-hydrogen) atoms. The number of benzene rings is 1. The number of carbonyl (C=O) groups is 1. The lowest BCUT2D eigenvalue weighted by molar-refractivity contribution is -0.139. The van der Waals surface area contributed by atoms with Crippen molar-refractivity contribution in [2.45, 2.75) is 38.7 Å². The zero-order chi connectivity index (χ0) is 16.8. The van der Waals surface area contributed by atoms with Gasteiger partial charge < -0.3 is 9.47 Å². The zero-order valence-corrected chi connectivity index (χ0v) is 13.5. The average Bonchev–Trinajstić information content (AvgIpc) is 2.55. The third kappa shape index (κ3) is 3.62. The highest BCUT2D eigenvalue weighted by Crippen LogP contribution is 2.41. The lowest BCUT2D eigenvalue weighted by atomic mass is 9.79. The van der Waals surface area contributed by atoms with Crippen molar-refractivity contribution in [2.24, 2.45) is 0 Å². The molecule has 1 aliphatic heterocycles. The molecule has 0 radical (unpaired) electrons. The van der Waals surface area contributed by atoms with E-state index >= 15 is 0 Å². The summed E-state index contributed by atoms with van der Waals surface area (Å²) in [6.45, 7) is 8.01. The van der Waals surface area contributed by atoms with E-state index < -0.39 is 0 Å². The van der Waals surface area contributed by atoms with Gasteiger partial charge in [0, 0.05) is 18.8 Å². The Hall–Kier alpha value is -2.54. The van der Waals surface area contributed by atoms with Gasteiger partial charge in [-0.25, -0.2) is 4.79 Å². The van der Waals surface area contributed by atoms with Crippen LogP contribution in [-0.2, 0) is 14.3 Å². The summed E-state index contributed by atoms with van der Waals surface area (Å²) in [4.78, 5) is 12.4. The fourth-order valence-electron chi connectivity index (χ4n) is 2.86. The first kappa shape index (κ1) is 16.8. The molecular weight excluding hydrogens is 290 g/mol. The van der Waals surface area contributed by atoms with Gasteiger partial charge in [-0.2, -0.15) is 5.26 Å². The molecule has 1 aliphatic rings. The molecule has 0 unspecified atom stereocenters. The van der Waals surface area contributed by atoms with Gasteiger partial charge >= 0.3 is 5.97 Å². The van der Waals surface area contributed by atoms with Gasteiger partial charge in [0.1, 0.15) is 11.9 Å². The zero-order valence-electron chi connectivity index (χ0n) is 13.5. The number of carbonyl (C=O) groups excluding carboxylic acids is 1. The van der Waals surface area contributed by atoms with Gasteiger partial charge in [0.05, 0.1) is 18.2 Å². The molecule has 0 bridgehead atoms. The molecule has 2 atom stereocenters. The van der Waals surface area contributed by atoms with Crippen LogP contribution in [0.25, 0.3) is 0 Å². The molecule has 0 saturated heterocycles. The summed E-state index contributed by atoms with van der Waals surface area (Å²) >= 11 is 0. The van der Waals surface area contributed by atoms with Crippen molar-refractivity contribution in [3.8, 4) is 6.07 Å². The number of rotatable bonds is 5. The van der Waals surface area contributed by atoms with Crippen molar-refractivity contribution in [2.75, 3.05) is 6.61 Å². The van der Waals surface area contributed by atoms with Crippen LogP contribution in [0.1, 0.15) is 38.2 Å². The third-order valence-electron chi connectivity index (χ3n) is 3.92. The predicted molar refractivity (Wildman–Crippen MR) is 87.4 cm³/mol. The summed E-state index contributed by atoms with van der Waals surface area (Å²) in [5.74, 6) is -0.0981. The normalized spacial score (nSPS) is 20.7. The van der Waals surface area contributed by atoms with Gasteiger partial charge in [0.25, 0.3) is 0 Å². The Balaban J connectivity index is 2.45. The van der Waals surface area contributed by atoms with Gasteiger partial charge in [-0.1, -0.05) is 36.9 Å². The van der Waals surface area contributed by atoms with Crippen LogP contribution in [-0.4, -0.2) is 18.7 Å². The van der Waals surface area contributed by atoms with Gasteiger partial charge in [-0.05, 0) is 25.0 Å². The summed E-state index contributed by atoms with van der Waals surface area (Å²) in [7, 11) is 0. The Morgan fingerprint density at radius 1 is 1.39 bits per heavy atom. The largest absolute Gasteiger partial charge is 0.490 e. The van der Waals surface area contributed by atoms with Crippen LogP contribution in [0.2, 0.25) is 0 Å². The lowest BCUT2D eigenvalue weighted by Gasteiger charge is -2.34. The Bertz CT molecular complexity index is 655. The average molecular weight is 311 g/mol. The second kappa shape index (κ2) is 7.64. The van der Waals surface area contributed by atoms with E-state index in [1.165, 1.54) is 0 Å². The van der Waals surface area contributed by atoms with Crippen LogP contribution in [0.4, 0.5) is 0 Å². The summed E-state index contributed by atoms with van der Waals surface area (Å²) in [6, 6.07) is 11.9. The molecule has 2 rings (SSSR count). The van der Waals surface area contributed by atoms with E-state index in [-0.39, 0.29) is 18.0 Å². The molecule has 0 aliphatic carbocycles. The van der Waals surface area contributed by atoms with Crippen LogP contribution < -0.4 is 0 Å². The molecule has 0 aromatic heterocycles. The second-order valence-corrected chi connectivity index (χ2v) is 5.41. The Morgan fingerprint density at radius 3 is 2.70 bits per heavy atom. The standard InChI is InChI=1S/C19H21NO3/c1-4-22-19(21)18-14(3)23-16(11-8-12-20)13(2)17(18)15-9-6-5-7-10-15/h5-7,9-10,16-17H,2,4,8,11H2,1,3H3/t16-,17-/m1/s1. The van der Waals surface area contributed by atoms with E-state index in [1.54, 1.807) is 13.8 Å². The number of allylic oxidation sites excluding steroid dienone is 1. The number of nitriles is 1. The van der Waals surface area contributed by atoms with E-state index in [1.807, 2.05) is 30.3 Å². The first-order valence-corrected chi connectivity index (χ1v) is 7.75. The molecule has 0 amide bonds. The quantitative estimate of drug-likeness (QED) is 0.612. The molecule has 0 saturated carbocycles. The maximum Gasteiger partial charge on any atom is 0.338 e. The summed E-state index contributed by atoms with van der Waals surface area (Å²) in [6.07, 6.45) is 0.678. The van der Waals surface area contributed by atoms with Crippen molar-refractivity contribution in [3.05, 3.63) is 59.4 Å². The fraction of sp³-hybridized carbons (Fsp3) is 0.368. The molecule has 1 aromatic carbocycles. The first-order chi connectivity index (χ1) is 11.1. The van der Waals surface area contributed by atoms with E-state index in [4.69, 9.17) is 14.7 Å². The fourth-order valence-corrected chi connectivity index (χ4v) is 2.86. The van der Waals surface area contributed by atoms with Crippen molar-refractivity contribution in [3.63, 3.8) is 0 Å². The number of esters is 1. The molecule has 1 heterocycles. The van der Waals surface area contributed by atoms with E-state index in [0.29, 0.717) is 30.8 Å². The SMILES string of the molecule is C=C1[C@H](c2ccccc2)C(C(=O)OCC)=C(C)O[C@@H]1CCC#N. The minimum absolute atomic E-state index is 0.266. The van der Waals surface area contributed by atoms with Gasteiger partial charge in [0.15, 0.2) is 0 Å². The highest BCUT2D eigenvalue weighted by molar-refractivity contribution is 5.92. The lowest BCUT2D eigenvalue weighted by Crippen LogP contribution is -2.30. The highest BCUT2D eigenvalue weighted by atomic mass is 16.5. The number of ether oxygens (including phenoxy) is 2. The van der Waals surface area contributed by atoms with Crippen LogP contribution in [0.15, 0.2) is 53.8 Å². The minimum Gasteiger partial charge on any atom is -0.490 e. The van der Waals surface area contributed by atoms with E-state index in [2.05, 4.69) is 12.6 Å². The summed E-state index contributed by atoms with van der Waals surface area (Å²) < 4.78 is 11.1. The van der Waals surface area contributed by atoms with E-state index in [0.717, 1.165) is 11.1 Å². The first-order valence-electron chi connectivity index (χ1n) is 7.75. The maximum atomic E-state index is 12.4. The van der Waals surface area contributed by atoms with Crippen molar-refractivity contribution in [1.29, 1.82) is 5.26 Å². The molecule has 120 valence electrons. The van der Waals surface area contributed by atoms with Crippen LogP contribution in [0.3, 0.4) is 0 Å². The number of hydrogen-bond acceptors (Lipinski definition) is 4. The van der Waals surface area contributed by atoms with Crippen LogP contribution in [0.5, 0.6) is 0 Å². The molecule has 0 spiro atoms. The van der Waals surface area contributed by atoms with Crippen molar-refractivity contribution >= 4 is 5.97 Å². The molecule has 1 aromatic rings. The summed E-state index contributed by atoms with van der Waals surface area (Å²) in [5, 5.41) is 8.82. The van der Waals surface area contributed by atoms with Crippen molar-refractivity contribution < 1.29 is 14.3 Å². The molecule has 4 nitrogen and oxygen atoms in total. The van der Waals surface area contributed by atoms with Gasteiger partial charge in [-0.3, -0.25) is 0 Å². The smallest absolute Gasteiger partial charge is 0.338 e. The predicted octanol–water partition coefficient (Wildman–Crippen LogP) is 3.87. The molecule has 0 fully saturated rings. The van der Waals surface area contributed by atoms with Gasteiger partial charge in [-0.15, -0.1) is 0 Å². The second-order valence-electron chi connectivity index (χ2n) is 5.41. The molecular formula is C19H21NO3. The van der Waals surface area contributed by atoms with Crippen LogP contribution in [0, 0.1) is 11.3 Å². The Kier molecular flexibility index (Phi) is 5.59. The maximum absolute atomic E-state index is 12.4. The van der Waals surface area contributed by atoms with Gasteiger partial charge in [0.2, 0.25) is 0 Å². The monoisotopic (exact) mass is 311 g/mol. The highest BCUT2D eigenvalue weighted by Gasteiger charge is 2.37. The van der Waals surface area contributed by atoms with Crippen molar-refractivity contribution in [1.82, 2.24) is 0 Å². The number of nitrogens with zero attached hydrogens (tertiary/aromatic N) is 1. The third-order valence-corrected chi connectivity index (χ3v) is 3.92. The minimum atomic E-state index is -0.376. The number of hydrogen-bond donors (Lipinski definition) is 0. The van der Waals surface area contributed by atoms with E-state index in [9.17, 15) is 4.79 Å². The molecule has 4 heteroatoms. The Morgan fingerprint density at radius 2 is 2.09 bits per heavy atom.